The van der Waals surface area contributed by atoms with Crippen molar-refractivity contribution in [3.63, 3.8) is 0 Å². The molecule has 0 bridgehead atoms. The summed E-state index contributed by atoms with van der Waals surface area (Å²) in [5.41, 5.74) is 0.499. The van der Waals surface area contributed by atoms with Crippen LogP contribution in [0, 0.1) is 10.1 Å². The molecule has 3 rings (SSSR count). The molecule has 2 unspecified atom stereocenters. The van der Waals surface area contributed by atoms with Crippen LogP contribution in [0.4, 0.5) is 11.4 Å². The minimum Gasteiger partial charge on any atom is -0.494 e. The number of anilines is 1. The Labute approximate surface area is 185 Å². The molecule has 168 valence electrons. The molecule has 1 aliphatic rings. The van der Waals surface area contributed by atoms with Crippen molar-refractivity contribution >= 4 is 29.1 Å². The summed E-state index contributed by atoms with van der Waals surface area (Å²) in [6.07, 6.45) is 0.439. The van der Waals surface area contributed by atoms with E-state index in [0.29, 0.717) is 24.5 Å². The van der Waals surface area contributed by atoms with E-state index in [1.54, 1.807) is 31.2 Å². The highest BCUT2D eigenvalue weighted by atomic mass is 16.6. The summed E-state index contributed by atoms with van der Waals surface area (Å²) < 4.78 is 5.40. The highest BCUT2D eigenvalue weighted by Crippen LogP contribution is 2.30. The van der Waals surface area contributed by atoms with Gasteiger partial charge in [0, 0.05) is 23.7 Å². The molecule has 9 nitrogen and oxygen atoms in total. The van der Waals surface area contributed by atoms with E-state index in [4.69, 9.17) is 4.74 Å². The summed E-state index contributed by atoms with van der Waals surface area (Å²) in [7, 11) is 0. The molecular weight excluding hydrogens is 414 g/mol. The summed E-state index contributed by atoms with van der Waals surface area (Å²) in [6.45, 7) is 6.04. The number of hydrogen-bond donors (Lipinski definition) is 0. The second-order valence-corrected chi connectivity index (χ2v) is 7.49. The Morgan fingerprint density at radius 3 is 2.31 bits per heavy atom. The van der Waals surface area contributed by atoms with E-state index in [1.807, 2.05) is 13.8 Å². The first-order chi connectivity index (χ1) is 15.3. The predicted molar refractivity (Wildman–Crippen MR) is 118 cm³/mol. The van der Waals surface area contributed by atoms with Crippen LogP contribution in [-0.2, 0) is 9.59 Å². The Morgan fingerprint density at radius 1 is 1.16 bits per heavy atom. The molecule has 0 spiro atoms. The van der Waals surface area contributed by atoms with E-state index in [1.165, 1.54) is 29.2 Å². The molecule has 32 heavy (non-hydrogen) atoms. The molecule has 9 heteroatoms. The second kappa shape index (κ2) is 9.59. The lowest BCUT2D eigenvalue weighted by molar-refractivity contribution is -0.384. The van der Waals surface area contributed by atoms with Gasteiger partial charge in [0.2, 0.25) is 5.91 Å². The number of nitro benzene ring substituents is 1. The molecule has 1 fully saturated rings. The van der Waals surface area contributed by atoms with Gasteiger partial charge in [0.05, 0.1) is 23.6 Å². The zero-order valence-corrected chi connectivity index (χ0v) is 18.2. The molecule has 0 radical (unpaired) electrons. The molecule has 0 aliphatic carbocycles. The highest BCUT2D eigenvalue weighted by Gasteiger charge is 2.45. The molecule has 2 aromatic rings. The van der Waals surface area contributed by atoms with Crippen LogP contribution in [0.5, 0.6) is 5.75 Å². The lowest BCUT2D eigenvalue weighted by Crippen LogP contribution is -2.49. The number of nitrogens with zero attached hydrogens (tertiary/aromatic N) is 3. The number of rotatable bonds is 8. The SMILES string of the molecule is CCOc1ccc(N2C(=O)CC(N(C(=O)c3ccc([N+](=O)[O-])cc3)C(C)CC)C2=O)cc1. The maximum Gasteiger partial charge on any atom is 0.269 e. The minimum atomic E-state index is -0.952. The van der Waals surface area contributed by atoms with Gasteiger partial charge >= 0.3 is 0 Å². The number of carbonyl (C=O) groups excluding carboxylic acids is 3. The smallest absolute Gasteiger partial charge is 0.269 e. The number of ether oxygens (including phenoxy) is 1. The molecule has 2 aromatic carbocycles. The number of carbonyl (C=O) groups is 3. The van der Waals surface area contributed by atoms with Crippen LogP contribution in [0.2, 0.25) is 0 Å². The first-order valence-electron chi connectivity index (χ1n) is 10.4. The van der Waals surface area contributed by atoms with Crippen molar-refractivity contribution in [2.24, 2.45) is 0 Å². The van der Waals surface area contributed by atoms with E-state index < -0.39 is 28.7 Å². The molecule has 2 atom stereocenters. The van der Waals surface area contributed by atoms with Crippen LogP contribution in [0.25, 0.3) is 0 Å². The van der Waals surface area contributed by atoms with Gasteiger partial charge < -0.3 is 9.64 Å². The third-order valence-corrected chi connectivity index (χ3v) is 5.49. The van der Waals surface area contributed by atoms with Gasteiger partial charge in [-0.05, 0) is 56.7 Å². The number of non-ortho nitro benzene ring substituents is 1. The van der Waals surface area contributed by atoms with Crippen molar-refractivity contribution in [1.29, 1.82) is 0 Å². The fraction of sp³-hybridized carbons (Fsp3) is 0.348. The summed E-state index contributed by atoms with van der Waals surface area (Å²) in [5.74, 6) is -0.695. The van der Waals surface area contributed by atoms with Gasteiger partial charge in [-0.15, -0.1) is 0 Å². The molecule has 3 amide bonds. The predicted octanol–water partition coefficient (Wildman–Crippen LogP) is 3.57. The molecule has 0 saturated carbocycles. The Kier molecular flexibility index (Phi) is 6.87. The van der Waals surface area contributed by atoms with Crippen molar-refractivity contribution < 1.29 is 24.0 Å². The summed E-state index contributed by atoms with van der Waals surface area (Å²) >= 11 is 0. The molecule has 0 N–H and O–H groups in total. The quantitative estimate of drug-likeness (QED) is 0.353. The van der Waals surface area contributed by atoms with Crippen molar-refractivity contribution in [3.8, 4) is 5.75 Å². The van der Waals surface area contributed by atoms with Crippen LogP contribution < -0.4 is 9.64 Å². The average molecular weight is 439 g/mol. The summed E-state index contributed by atoms with van der Waals surface area (Å²) in [4.78, 5) is 52.2. The maximum atomic E-state index is 13.3. The van der Waals surface area contributed by atoms with E-state index in [9.17, 15) is 24.5 Å². The van der Waals surface area contributed by atoms with E-state index in [-0.39, 0.29) is 23.7 Å². The van der Waals surface area contributed by atoms with Gasteiger partial charge in [-0.1, -0.05) is 6.92 Å². The van der Waals surface area contributed by atoms with Crippen LogP contribution in [0.3, 0.4) is 0 Å². The third kappa shape index (κ3) is 4.46. The maximum absolute atomic E-state index is 13.3. The first kappa shape index (κ1) is 22.9. The molecule has 1 heterocycles. The van der Waals surface area contributed by atoms with Gasteiger partial charge in [-0.3, -0.25) is 24.5 Å². The molecular formula is C23H25N3O6. The first-order valence-corrected chi connectivity index (χ1v) is 10.4. The zero-order valence-electron chi connectivity index (χ0n) is 18.2. The van der Waals surface area contributed by atoms with E-state index in [0.717, 1.165) is 4.90 Å². The minimum absolute atomic E-state index is 0.130. The number of imide groups is 1. The van der Waals surface area contributed by atoms with Gasteiger partial charge in [-0.25, -0.2) is 4.90 Å². The topological polar surface area (TPSA) is 110 Å². The van der Waals surface area contributed by atoms with Gasteiger partial charge in [0.1, 0.15) is 11.8 Å². The number of hydrogen-bond acceptors (Lipinski definition) is 6. The number of amides is 3. The number of benzene rings is 2. The molecule has 0 aromatic heterocycles. The average Bonchev–Trinajstić information content (AvgIpc) is 3.08. The monoisotopic (exact) mass is 439 g/mol. The molecule has 1 aliphatic heterocycles. The Balaban J connectivity index is 1.89. The van der Waals surface area contributed by atoms with Crippen molar-refractivity contribution in [3.05, 3.63) is 64.2 Å². The lowest BCUT2D eigenvalue weighted by atomic mass is 10.1. The van der Waals surface area contributed by atoms with Crippen LogP contribution in [0.15, 0.2) is 48.5 Å². The second-order valence-electron chi connectivity index (χ2n) is 7.49. The Morgan fingerprint density at radius 2 is 1.78 bits per heavy atom. The third-order valence-electron chi connectivity index (χ3n) is 5.49. The van der Waals surface area contributed by atoms with Crippen LogP contribution in [0.1, 0.15) is 44.0 Å². The summed E-state index contributed by atoms with van der Waals surface area (Å²) in [6, 6.07) is 10.6. The lowest BCUT2D eigenvalue weighted by Gasteiger charge is -2.33. The van der Waals surface area contributed by atoms with Gasteiger partial charge in [0.15, 0.2) is 0 Å². The van der Waals surface area contributed by atoms with Crippen molar-refractivity contribution in [2.75, 3.05) is 11.5 Å². The van der Waals surface area contributed by atoms with Crippen LogP contribution in [-0.4, -0.2) is 46.2 Å². The zero-order chi connectivity index (χ0) is 23.4. The summed E-state index contributed by atoms with van der Waals surface area (Å²) in [5, 5.41) is 10.9. The fourth-order valence-electron chi connectivity index (χ4n) is 3.68. The van der Waals surface area contributed by atoms with Crippen molar-refractivity contribution in [1.82, 2.24) is 4.90 Å². The highest BCUT2D eigenvalue weighted by molar-refractivity contribution is 6.23. The molecule has 1 saturated heterocycles. The van der Waals surface area contributed by atoms with Crippen molar-refractivity contribution in [2.45, 2.75) is 45.7 Å². The fourth-order valence-corrected chi connectivity index (χ4v) is 3.68. The van der Waals surface area contributed by atoms with Crippen LogP contribution >= 0.6 is 0 Å². The largest absolute Gasteiger partial charge is 0.494 e. The normalized spacial score (nSPS) is 16.7. The van der Waals surface area contributed by atoms with Gasteiger partial charge in [-0.2, -0.15) is 0 Å². The van der Waals surface area contributed by atoms with Gasteiger partial charge in [0.25, 0.3) is 17.5 Å². The van der Waals surface area contributed by atoms with E-state index >= 15 is 0 Å². The Hall–Kier alpha value is -3.75. The standard InChI is InChI=1S/C23H25N3O6/c1-4-15(3)24(22(28)16-6-8-18(9-7-16)26(30)31)20-14-21(27)25(23(20)29)17-10-12-19(13-11-17)32-5-2/h6-13,15,20H,4-5,14H2,1-3H3. The Bertz CT molecular complexity index is 1020. The van der Waals surface area contributed by atoms with E-state index in [2.05, 4.69) is 0 Å². The number of nitro groups is 1.